The Morgan fingerprint density at radius 3 is 1.95 bits per heavy atom. The molecule has 0 aliphatic carbocycles. The second-order valence-corrected chi connectivity index (χ2v) is 16.1. The molecule has 0 bridgehead atoms. The number of fused-ring (bicyclic) bond motifs is 13. The van der Waals surface area contributed by atoms with Crippen LogP contribution in [0.1, 0.15) is 0 Å². The molecule has 0 amide bonds. The van der Waals surface area contributed by atoms with Crippen LogP contribution in [0.3, 0.4) is 0 Å². The van der Waals surface area contributed by atoms with Crippen LogP contribution in [0.5, 0.6) is 0 Å². The number of aromatic nitrogens is 3. The van der Waals surface area contributed by atoms with Gasteiger partial charge in [-0.05, 0) is 92.7 Å². The molecular weight excluding hydrogens is 715 g/mol. The van der Waals surface area contributed by atoms with Gasteiger partial charge in [0.1, 0.15) is 11.1 Å². The molecule has 4 aromatic heterocycles. The smallest absolute Gasteiger partial charge is 0.197 e. The molecule has 4 nitrogen and oxygen atoms in total. The van der Waals surface area contributed by atoms with Gasteiger partial charge in [0.05, 0.1) is 11.0 Å². The van der Waals surface area contributed by atoms with Crippen LogP contribution in [-0.4, -0.2) is 14.5 Å². The number of furan rings is 1. The van der Waals surface area contributed by atoms with E-state index >= 15 is 0 Å². The molecule has 9 aromatic carbocycles. The van der Waals surface area contributed by atoms with Gasteiger partial charge in [0.15, 0.2) is 17.2 Å². The number of rotatable bonds is 3. The van der Waals surface area contributed by atoms with Crippen LogP contribution < -0.4 is 0 Å². The van der Waals surface area contributed by atoms with Crippen LogP contribution >= 0.6 is 11.3 Å². The second kappa shape index (κ2) is 11.6. The largest absolute Gasteiger partial charge is 0.450 e. The minimum absolute atomic E-state index is 0.657. The lowest BCUT2D eigenvalue weighted by Gasteiger charge is -2.12. The third-order valence-corrected chi connectivity index (χ3v) is 12.9. The fourth-order valence-electron chi connectivity index (χ4n) is 9.01. The summed E-state index contributed by atoms with van der Waals surface area (Å²) in [6.45, 7) is 0. The Morgan fingerprint density at radius 2 is 1.07 bits per heavy atom. The molecule has 4 heterocycles. The van der Waals surface area contributed by atoms with Crippen LogP contribution in [0.4, 0.5) is 0 Å². The van der Waals surface area contributed by atoms with Crippen molar-refractivity contribution in [2.24, 2.45) is 0 Å². The summed E-state index contributed by atoms with van der Waals surface area (Å²) < 4.78 is 11.8. The Kier molecular flexibility index (Phi) is 6.29. The summed E-state index contributed by atoms with van der Waals surface area (Å²) in [5.41, 5.74) is 7.62. The fourth-order valence-corrected chi connectivity index (χ4v) is 10.1. The van der Waals surface area contributed by atoms with E-state index < -0.39 is 0 Å². The Morgan fingerprint density at radius 1 is 0.421 bits per heavy atom. The van der Waals surface area contributed by atoms with E-state index in [-0.39, 0.29) is 0 Å². The van der Waals surface area contributed by atoms with E-state index in [0.717, 1.165) is 55.4 Å². The van der Waals surface area contributed by atoms with Crippen molar-refractivity contribution in [3.05, 3.63) is 176 Å². The molecule has 0 radical (unpaired) electrons. The van der Waals surface area contributed by atoms with Crippen molar-refractivity contribution in [3.8, 4) is 28.3 Å². The van der Waals surface area contributed by atoms with E-state index in [4.69, 9.17) is 14.4 Å². The lowest BCUT2D eigenvalue weighted by atomic mass is 10.00. The summed E-state index contributed by atoms with van der Waals surface area (Å²) in [6.07, 6.45) is 0. The molecule has 13 aromatic rings. The highest BCUT2D eigenvalue weighted by atomic mass is 32.1. The summed E-state index contributed by atoms with van der Waals surface area (Å²) in [7, 11) is 0. The third kappa shape index (κ3) is 4.55. The average Bonchev–Trinajstić information content (AvgIpc) is 3.94. The molecule has 0 unspecified atom stereocenters. The topological polar surface area (TPSA) is 43.9 Å². The molecule has 0 saturated heterocycles. The summed E-state index contributed by atoms with van der Waals surface area (Å²) in [5.74, 6) is 1.38. The first-order valence-corrected chi connectivity index (χ1v) is 20.0. The molecule has 57 heavy (non-hydrogen) atoms. The molecule has 264 valence electrons. The van der Waals surface area contributed by atoms with Gasteiger partial charge in [0, 0.05) is 47.3 Å². The Labute approximate surface area is 329 Å². The van der Waals surface area contributed by atoms with Gasteiger partial charge in [0.2, 0.25) is 0 Å². The van der Waals surface area contributed by atoms with Crippen LogP contribution in [0.15, 0.2) is 180 Å². The minimum atomic E-state index is 0.657. The van der Waals surface area contributed by atoms with Gasteiger partial charge in [0.25, 0.3) is 0 Å². The number of benzene rings is 9. The average molecular weight is 744 g/mol. The number of hydrogen-bond acceptors (Lipinski definition) is 4. The maximum absolute atomic E-state index is 6.93. The maximum Gasteiger partial charge on any atom is 0.197 e. The Bertz CT molecular complexity index is 3830. The highest BCUT2D eigenvalue weighted by molar-refractivity contribution is 7.25. The lowest BCUT2D eigenvalue weighted by Crippen LogP contribution is -2.02. The fraction of sp³-hybridized carbons (Fsp3) is 0. The zero-order valence-electron chi connectivity index (χ0n) is 30.4. The monoisotopic (exact) mass is 743 g/mol. The molecule has 0 atom stereocenters. The summed E-state index contributed by atoms with van der Waals surface area (Å²) in [4.78, 5) is 11.0. The van der Waals surface area contributed by atoms with E-state index in [1.807, 2.05) is 11.3 Å². The van der Waals surface area contributed by atoms with E-state index in [2.05, 4.69) is 180 Å². The quantitative estimate of drug-likeness (QED) is 0.181. The summed E-state index contributed by atoms with van der Waals surface area (Å²) >= 11 is 1.82. The van der Waals surface area contributed by atoms with Gasteiger partial charge >= 0.3 is 0 Å². The zero-order valence-corrected chi connectivity index (χ0v) is 31.2. The third-order valence-electron chi connectivity index (χ3n) is 11.7. The molecule has 13 rings (SSSR count). The van der Waals surface area contributed by atoms with Crippen LogP contribution in [0, 0.1) is 0 Å². The number of hydrogen-bond donors (Lipinski definition) is 0. The van der Waals surface area contributed by atoms with Crippen molar-refractivity contribution in [2.45, 2.75) is 0 Å². The maximum atomic E-state index is 6.93. The molecular formula is C52H29N3OS. The lowest BCUT2D eigenvalue weighted by molar-refractivity contribution is 0.662. The minimum Gasteiger partial charge on any atom is -0.450 e. The molecule has 0 fully saturated rings. The van der Waals surface area contributed by atoms with E-state index in [1.54, 1.807) is 0 Å². The molecule has 5 heteroatoms. The van der Waals surface area contributed by atoms with Gasteiger partial charge < -0.3 is 4.42 Å². The van der Waals surface area contributed by atoms with Crippen molar-refractivity contribution < 1.29 is 4.42 Å². The van der Waals surface area contributed by atoms with Gasteiger partial charge in [-0.15, -0.1) is 11.3 Å². The van der Waals surface area contributed by atoms with Crippen molar-refractivity contribution in [3.63, 3.8) is 0 Å². The van der Waals surface area contributed by atoms with Crippen molar-refractivity contribution in [1.29, 1.82) is 0 Å². The first-order chi connectivity index (χ1) is 28.2. The summed E-state index contributed by atoms with van der Waals surface area (Å²) in [5, 5.41) is 12.9. The Hall–Kier alpha value is -7.34. The van der Waals surface area contributed by atoms with E-state index in [1.165, 1.54) is 57.9 Å². The van der Waals surface area contributed by atoms with Gasteiger partial charge in [-0.25, -0.2) is 9.97 Å². The van der Waals surface area contributed by atoms with Crippen molar-refractivity contribution in [2.75, 3.05) is 0 Å². The van der Waals surface area contributed by atoms with Gasteiger partial charge in [-0.3, -0.25) is 4.57 Å². The first-order valence-electron chi connectivity index (χ1n) is 19.2. The molecule has 0 aliphatic rings. The highest BCUT2D eigenvalue weighted by Gasteiger charge is 2.24. The number of nitrogens with zero attached hydrogens (tertiary/aromatic N) is 3. The summed E-state index contributed by atoms with van der Waals surface area (Å²) in [6, 6.07) is 63.2. The van der Waals surface area contributed by atoms with Crippen molar-refractivity contribution >= 4 is 108 Å². The van der Waals surface area contributed by atoms with Gasteiger partial charge in [-0.2, -0.15) is 0 Å². The predicted octanol–water partition coefficient (Wildman–Crippen LogP) is 14.6. The predicted molar refractivity (Wildman–Crippen MR) is 240 cm³/mol. The molecule has 0 saturated carbocycles. The molecule has 0 aliphatic heterocycles. The second-order valence-electron chi connectivity index (χ2n) is 15.0. The molecule has 0 spiro atoms. The van der Waals surface area contributed by atoms with Crippen LogP contribution in [0.25, 0.3) is 125 Å². The normalized spacial score (nSPS) is 12.2. The standard InChI is InChI=1S/C52H29N3OS/c1-2-11-32-25-35(18-17-30(32)9-1)36-20-23-45-43(27-36)48-50(56-45)52(54-51(53-48)37-21-24-47-42(28-37)39-15-7-8-16-46(39)57-47)55-44-29-34-13-4-3-12-33(34)26-41(44)40-22-19-31-10-5-6-14-38(31)49(40)55/h1-29H. The Balaban J connectivity index is 1.16. The van der Waals surface area contributed by atoms with E-state index in [9.17, 15) is 0 Å². The van der Waals surface area contributed by atoms with Gasteiger partial charge in [-0.1, -0.05) is 121 Å². The molecule has 0 N–H and O–H groups in total. The first kappa shape index (κ1) is 30.9. The zero-order chi connectivity index (χ0) is 37.2. The van der Waals surface area contributed by atoms with Crippen LogP contribution in [-0.2, 0) is 0 Å². The van der Waals surface area contributed by atoms with Crippen molar-refractivity contribution in [1.82, 2.24) is 14.5 Å². The number of thiophene rings is 1. The van der Waals surface area contributed by atoms with E-state index in [0.29, 0.717) is 11.4 Å². The SMILES string of the molecule is c1ccc2cc(-c3ccc4oc5c(-n6c7cc8ccccc8cc7c7ccc8ccccc8c76)nc(-c6ccc7sc8ccccc8c7c6)nc5c4c3)ccc2c1. The van der Waals surface area contributed by atoms with Crippen LogP contribution in [0.2, 0.25) is 0 Å². The highest BCUT2D eigenvalue weighted by Crippen LogP contribution is 2.43.